The fourth-order valence-corrected chi connectivity index (χ4v) is 1.07. The predicted octanol–water partition coefficient (Wildman–Crippen LogP) is -1.45. The van der Waals surface area contributed by atoms with Gasteiger partial charge in [-0.2, -0.15) is 17.5 Å². The molecule has 0 aliphatic rings. The second kappa shape index (κ2) is 19.2. The molecule has 0 amide bonds. The third-order valence-electron chi connectivity index (χ3n) is 1.85. The van der Waals surface area contributed by atoms with E-state index in [2.05, 4.69) is 54.1 Å². The molecule has 2 aromatic carbocycles. The number of benzene rings is 1. The second-order valence-corrected chi connectivity index (χ2v) is 6.49. The van der Waals surface area contributed by atoms with Crippen LogP contribution in [0.5, 0.6) is 0 Å². The van der Waals surface area contributed by atoms with E-state index in [1.54, 1.807) is 7.11 Å². The van der Waals surface area contributed by atoms with E-state index in [1.807, 2.05) is 47.7 Å². The van der Waals surface area contributed by atoms with Crippen molar-refractivity contribution in [2.75, 3.05) is 13.7 Å². The minimum atomic E-state index is -0.250. The van der Waals surface area contributed by atoms with Crippen molar-refractivity contribution in [3.05, 3.63) is 55.1 Å². The molecule has 0 radical (unpaired) electrons. The van der Waals surface area contributed by atoms with Gasteiger partial charge in [0.25, 0.3) is 0 Å². The minimum Gasteiger partial charge on any atom is -1.00 e. The first kappa shape index (κ1) is 31.6. The van der Waals surface area contributed by atoms with Gasteiger partial charge in [0.15, 0.2) is 0 Å². The van der Waals surface area contributed by atoms with Gasteiger partial charge in [-0.1, -0.05) is 33.4 Å². The molecule has 0 atom stereocenters. The van der Waals surface area contributed by atoms with Gasteiger partial charge in [-0.25, -0.2) is 0 Å². The summed E-state index contributed by atoms with van der Waals surface area (Å²) in [6.07, 6.45) is 0. The van der Waals surface area contributed by atoms with Gasteiger partial charge in [-0.05, 0) is 0 Å². The zero-order valence-corrected chi connectivity index (χ0v) is 18.1. The number of aliphatic hydroxyl groups excluding tert-OH is 1. The summed E-state index contributed by atoms with van der Waals surface area (Å²) in [4.78, 5) is 0. The van der Waals surface area contributed by atoms with Crippen LogP contribution < -0.4 is 24.8 Å². The standard InChI is InChI=1S/C9H7.C4H10N.C3H6O.C2H5O.2ClH.Ti/c1-2-5-9-7-3-6-8(9)4-1;1-4(2,3)5;1-3-4-2;1-2-3;;;/h1-7H;5H,1-3H3;1-2H3;3H,1-2H2;2*1H;/q2*-1;;-1;;;+2/p-2. The summed E-state index contributed by atoms with van der Waals surface area (Å²) >= 11 is 1.92. The molecule has 2 N–H and O–H groups in total. The van der Waals surface area contributed by atoms with Crippen molar-refractivity contribution in [1.29, 1.82) is 0 Å². The summed E-state index contributed by atoms with van der Waals surface area (Å²) in [5.41, 5.74) is 6.69. The van der Waals surface area contributed by atoms with Crippen molar-refractivity contribution < 1.29 is 54.6 Å². The van der Waals surface area contributed by atoms with Crippen LogP contribution in [0.2, 0.25) is 0 Å². The predicted molar refractivity (Wildman–Crippen MR) is 93.7 cm³/mol. The fraction of sp³-hybridized carbons (Fsp3) is 0.389. The first-order valence-electron chi connectivity index (χ1n) is 7.00. The van der Waals surface area contributed by atoms with Gasteiger partial charge >= 0.3 is 42.7 Å². The second-order valence-electron chi connectivity index (χ2n) is 5.39. The Morgan fingerprint density at radius 1 is 1.25 bits per heavy atom. The summed E-state index contributed by atoms with van der Waals surface area (Å²) < 4.78 is 5.67. The van der Waals surface area contributed by atoms with Crippen LogP contribution in [0.4, 0.5) is 0 Å². The Morgan fingerprint density at radius 2 is 1.62 bits per heavy atom. The third-order valence-corrected chi connectivity index (χ3v) is 2.17. The van der Waals surface area contributed by atoms with Crippen molar-refractivity contribution in [3.63, 3.8) is 0 Å². The smallest absolute Gasteiger partial charge is 0.0809 e. The number of ether oxygens (including phenoxy) is 1. The first-order valence-corrected chi connectivity index (χ1v) is 7.78. The van der Waals surface area contributed by atoms with E-state index < -0.39 is 0 Å². The van der Waals surface area contributed by atoms with Gasteiger partial charge in [0.05, 0.1) is 0 Å². The summed E-state index contributed by atoms with van der Waals surface area (Å²) in [5.74, 6) is 0. The Morgan fingerprint density at radius 3 is 1.96 bits per heavy atom. The topological polar surface area (TPSA) is 53.3 Å². The van der Waals surface area contributed by atoms with Crippen molar-refractivity contribution >= 4 is 14.8 Å². The summed E-state index contributed by atoms with van der Waals surface area (Å²) in [6.45, 7) is 10.5. The van der Waals surface area contributed by atoms with Gasteiger partial charge in [-0.3, -0.25) is 0 Å². The number of hydrogen-bond acceptors (Lipinski definition) is 2. The van der Waals surface area contributed by atoms with Crippen LogP contribution >= 0.6 is 0 Å². The zero-order chi connectivity index (χ0) is 17.6. The molecule has 3 nitrogen and oxygen atoms in total. The van der Waals surface area contributed by atoms with Gasteiger partial charge in [-0.15, -0.1) is 35.2 Å². The average molecular weight is 409 g/mol. The molecule has 2 aromatic rings. The molecular formula is C18H28Cl2NO2Ti-3. The van der Waals surface area contributed by atoms with Gasteiger partial charge < -0.3 is 42.6 Å². The van der Waals surface area contributed by atoms with Crippen molar-refractivity contribution in [2.24, 2.45) is 0 Å². The Kier molecular flexibility index (Phi) is 25.3. The van der Waals surface area contributed by atoms with E-state index in [4.69, 9.17) is 10.8 Å². The zero-order valence-electron chi connectivity index (χ0n) is 15.1. The van der Waals surface area contributed by atoms with Crippen LogP contribution in [-0.2, 0) is 24.7 Å². The molecule has 0 bridgehead atoms. The maximum absolute atomic E-state index is 7.46. The van der Waals surface area contributed by atoms with Crippen molar-refractivity contribution in [1.82, 2.24) is 0 Å². The van der Waals surface area contributed by atoms with Crippen LogP contribution in [-0.4, -0.2) is 28.4 Å². The molecule has 0 saturated carbocycles. The Hall–Kier alpha value is -0.126. The fourth-order valence-electron chi connectivity index (χ4n) is 1.07. The Labute approximate surface area is 171 Å². The normalized spacial score (nSPS) is 8.75. The van der Waals surface area contributed by atoms with Crippen LogP contribution in [0.3, 0.4) is 0 Å². The number of rotatable bonds is 1. The van der Waals surface area contributed by atoms with E-state index >= 15 is 0 Å². The molecule has 0 heterocycles. The molecule has 0 unspecified atom stereocenters. The van der Waals surface area contributed by atoms with Crippen LogP contribution in [0.15, 0.2) is 42.5 Å². The molecule has 0 aliphatic heterocycles. The molecule has 0 saturated heterocycles. The van der Waals surface area contributed by atoms with E-state index in [1.165, 1.54) is 10.8 Å². The molecule has 0 fully saturated rings. The molecule has 6 heteroatoms. The number of hydrogen-bond donors (Lipinski definition) is 1. The molecule has 0 aromatic heterocycles. The third kappa shape index (κ3) is 26.8. The largest absolute Gasteiger partial charge is 1.00 e. The number of halogens is 2. The van der Waals surface area contributed by atoms with Gasteiger partial charge in [0.2, 0.25) is 0 Å². The molecular weight excluding hydrogens is 381 g/mol. The molecule has 2 rings (SSSR count). The quantitative estimate of drug-likeness (QED) is 0.463. The summed E-state index contributed by atoms with van der Waals surface area (Å²) in [7, 11) is 1.66. The van der Waals surface area contributed by atoms with Crippen molar-refractivity contribution in [3.8, 4) is 0 Å². The van der Waals surface area contributed by atoms with Crippen LogP contribution in [0.25, 0.3) is 16.5 Å². The van der Waals surface area contributed by atoms with E-state index in [9.17, 15) is 0 Å². The summed E-state index contributed by atoms with van der Waals surface area (Å²) in [6, 6.07) is 14.7. The van der Waals surface area contributed by atoms with Gasteiger partial charge in [0, 0.05) is 0 Å². The molecule has 0 aliphatic carbocycles. The molecule has 138 valence electrons. The van der Waals surface area contributed by atoms with Crippen LogP contribution in [0, 0.1) is 6.92 Å². The number of fused-ring (bicyclic) bond motifs is 1. The average Bonchev–Trinajstić information content (AvgIpc) is 2.86. The number of nitrogens with one attached hydrogen (secondary N) is 1. The van der Waals surface area contributed by atoms with E-state index in [0.29, 0.717) is 0 Å². The molecule has 0 spiro atoms. The van der Waals surface area contributed by atoms with Crippen molar-refractivity contribution in [2.45, 2.75) is 33.2 Å². The number of methoxy groups -OCH3 is 1. The monoisotopic (exact) mass is 408 g/mol. The Balaban J connectivity index is -0.000000118. The SMILES string of the molecule is CC(C)(C)[NH-].CO[C](C)=[Ti+2].[CH2-]CO.[Cl-].[Cl-].c1ccc2[cH-]ccc2c1. The number of aliphatic hydroxyl groups is 1. The summed E-state index contributed by atoms with van der Waals surface area (Å²) in [5, 5.41) is 10.1. The Bertz CT molecular complexity index is 475. The van der Waals surface area contributed by atoms with Crippen LogP contribution in [0.1, 0.15) is 27.7 Å². The first-order chi connectivity index (χ1) is 10.2. The maximum atomic E-state index is 7.46. The maximum Gasteiger partial charge on any atom is -0.0809 e. The van der Waals surface area contributed by atoms with Gasteiger partial charge in [0.1, 0.15) is 0 Å². The van der Waals surface area contributed by atoms with E-state index in [-0.39, 0.29) is 37.0 Å². The minimum absolute atomic E-state index is 0. The van der Waals surface area contributed by atoms with E-state index in [0.717, 1.165) is 4.00 Å². The molecule has 24 heavy (non-hydrogen) atoms.